The molecule has 0 fully saturated rings. The number of hydrogen-bond acceptors (Lipinski definition) is 3. The highest BCUT2D eigenvalue weighted by atomic mass is 35.5. The molecule has 2 aromatic heterocycles. The quantitative estimate of drug-likeness (QED) is 0.863. The Morgan fingerprint density at radius 1 is 1.59 bits per heavy atom. The second kappa shape index (κ2) is 5.67. The predicted octanol–water partition coefficient (Wildman–Crippen LogP) is 3.98. The number of nitrogens with zero attached hydrogens (tertiary/aromatic N) is 1. The van der Waals surface area contributed by atoms with E-state index in [-0.39, 0.29) is 6.04 Å². The number of thiophene rings is 1. The molecule has 3 N–H and O–H groups in total. The Balaban J connectivity index is 2.10. The van der Waals surface area contributed by atoms with Crippen molar-refractivity contribution in [2.24, 2.45) is 5.73 Å². The molecule has 0 amide bonds. The number of nitrogens with two attached hydrogens (primary N) is 1. The predicted molar refractivity (Wildman–Crippen MR) is 73.4 cm³/mol. The van der Waals surface area contributed by atoms with Crippen LogP contribution in [0.15, 0.2) is 17.6 Å². The number of H-pyrrole nitrogens is 1. The van der Waals surface area contributed by atoms with Gasteiger partial charge in [-0.1, -0.05) is 31.4 Å². The third kappa shape index (κ3) is 3.09. The fraction of sp³-hybridized carbons (Fsp3) is 0.417. The van der Waals surface area contributed by atoms with Crippen LogP contribution in [0.2, 0.25) is 4.34 Å². The molecule has 1 unspecified atom stereocenters. The summed E-state index contributed by atoms with van der Waals surface area (Å²) in [5.41, 5.74) is 8.11. The molecule has 3 nitrogen and oxygen atoms in total. The van der Waals surface area contributed by atoms with Gasteiger partial charge in [0, 0.05) is 10.9 Å². The van der Waals surface area contributed by atoms with E-state index in [2.05, 4.69) is 16.9 Å². The summed E-state index contributed by atoms with van der Waals surface area (Å²) < 4.78 is 0.784. The normalized spacial score (nSPS) is 12.9. The first-order chi connectivity index (χ1) is 8.20. The summed E-state index contributed by atoms with van der Waals surface area (Å²) in [5.74, 6) is 0.857. The van der Waals surface area contributed by atoms with Crippen molar-refractivity contribution in [2.75, 3.05) is 0 Å². The van der Waals surface area contributed by atoms with Gasteiger partial charge in [-0.15, -0.1) is 11.3 Å². The van der Waals surface area contributed by atoms with Gasteiger partial charge in [0.15, 0.2) is 0 Å². The Labute approximate surface area is 110 Å². The summed E-state index contributed by atoms with van der Waals surface area (Å²) in [4.78, 5) is 7.60. The van der Waals surface area contributed by atoms with Gasteiger partial charge in [-0.05, 0) is 12.5 Å². The number of halogens is 1. The van der Waals surface area contributed by atoms with Crippen LogP contribution in [0.1, 0.15) is 38.1 Å². The van der Waals surface area contributed by atoms with Gasteiger partial charge in [-0.2, -0.15) is 0 Å². The van der Waals surface area contributed by atoms with Crippen molar-refractivity contribution in [3.05, 3.63) is 27.8 Å². The summed E-state index contributed by atoms with van der Waals surface area (Å²) in [7, 11) is 0. The van der Waals surface area contributed by atoms with Gasteiger partial charge in [0.25, 0.3) is 0 Å². The van der Waals surface area contributed by atoms with Crippen LogP contribution in [-0.4, -0.2) is 9.97 Å². The van der Waals surface area contributed by atoms with E-state index in [1.165, 1.54) is 11.3 Å². The molecule has 0 saturated carbocycles. The van der Waals surface area contributed by atoms with Crippen LogP contribution in [0.5, 0.6) is 0 Å². The van der Waals surface area contributed by atoms with Crippen molar-refractivity contribution in [1.82, 2.24) is 9.97 Å². The summed E-state index contributed by atoms with van der Waals surface area (Å²) in [5, 5.41) is 2.01. The lowest BCUT2D eigenvalue weighted by Crippen LogP contribution is -2.11. The summed E-state index contributed by atoms with van der Waals surface area (Å²) in [6, 6.07) is 1.93. The lowest BCUT2D eigenvalue weighted by molar-refractivity contribution is 0.580. The monoisotopic (exact) mass is 269 g/mol. The molecule has 17 heavy (non-hydrogen) atoms. The minimum atomic E-state index is -0.00203. The molecule has 0 saturated heterocycles. The number of aromatic amines is 1. The number of unbranched alkanes of at least 4 members (excludes halogenated alkanes) is 1. The van der Waals surface area contributed by atoms with E-state index in [1.54, 1.807) is 0 Å². The zero-order valence-electron chi connectivity index (χ0n) is 9.74. The molecule has 0 spiro atoms. The van der Waals surface area contributed by atoms with E-state index in [0.717, 1.165) is 40.7 Å². The van der Waals surface area contributed by atoms with Crippen molar-refractivity contribution in [2.45, 2.75) is 32.2 Å². The maximum atomic E-state index is 6.06. The van der Waals surface area contributed by atoms with Crippen molar-refractivity contribution >= 4 is 22.9 Å². The van der Waals surface area contributed by atoms with Crippen LogP contribution < -0.4 is 5.73 Å². The van der Waals surface area contributed by atoms with Crippen molar-refractivity contribution < 1.29 is 0 Å². The van der Waals surface area contributed by atoms with Crippen molar-refractivity contribution in [1.29, 1.82) is 0 Å². The Kier molecular flexibility index (Phi) is 4.20. The van der Waals surface area contributed by atoms with E-state index in [0.29, 0.717) is 0 Å². The van der Waals surface area contributed by atoms with E-state index in [1.807, 2.05) is 17.6 Å². The van der Waals surface area contributed by atoms with Crippen LogP contribution >= 0.6 is 22.9 Å². The summed E-state index contributed by atoms with van der Waals surface area (Å²) in [6.45, 7) is 2.16. The minimum absolute atomic E-state index is 0.00203. The van der Waals surface area contributed by atoms with Crippen LogP contribution in [0.4, 0.5) is 0 Å². The Hall–Kier alpha value is -0.840. The molecule has 0 aromatic carbocycles. The largest absolute Gasteiger partial charge is 0.341 e. The Morgan fingerprint density at radius 3 is 3.06 bits per heavy atom. The molecular formula is C12H16ClN3S. The molecule has 0 aliphatic rings. The Bertz CT molecular complexity index is 478. The van der Waals surface area contributed by atoms with E-state index >= 15 is 0 Å². The molecule has 2 aromatic rings. The molecule has 5 heteroatoms. The maximum Gasteiger partial charge on any atom is 0.123 e. The van der Waals surface area contributed by atoms with Gasteiger partial charge in [0.1, 0.15) is 5.82 Å². The standard InChI is InChI=1S/C12H16ClN3S/c1-2-3-4-9(14)12-15-6-10(16-12)8-5-11(13)17-7-8/h5-7,9H,2-4,14H2,1H3,(H,15,16). The fourth-order valence-electron chi connectivity index (χ4n) is 1.68. The maximum absolute atomic E-state index is 6.06. The summed E-state index contributed by atoms with van der Waals surface area (Å²) >= 11 is 7.42. The number of hydrogen-bond donors (Lipinski definition) is 2. The SMILES string of the molecule is CCCCC(N)c1ncc(-c2csc(Cl)c2)[nH]1. The van der Waals surface area contributed by atoms with Crippen LogP contribution in [0.3, 0.4) is 0 Å². The third-order valence-electron chi connectivity index (χ3n) is 2.69. The lowest BCUT2D eigenvalue weighted by atomic mass is 10.1. The van der Waals surface area contributed by atoms with E-state index in [9.17, 15) is 0 Å². The fourth-order valence-corrected chi connectivity index (χ4v) is 2.56. The van der Waals surface area contributed by atoms with Gasteiger partial charge in [-0.25, -0.2) is 4.98 Å². The lowest BCUT2D eigenvalue weighted by Gasteiger charge is -2.06. The highest BCUT2D eigenvalue weighted by Crippen LogP contribution is 2.28. The highest BCUT2D eigenvalue weighted by molar-refractivity contribution is 7.14. The second-order valence-electron chi connectivity index (χ2n) is 4.07. The van der Waals surface area contributed by atoms with Crippen LogP contribution in [-0.2, 0) is 0 Å². The molecule has 0 radical (unpaired) electrons. The third-order valence-corrected chi connectivity index (χ3v) is 3.79. The van der Waals surface area contributed by atoms with Gasteiger partial charge in [-0.3, -0.25) is 0 Å². The average molecular weight is 270 g/mol. The minimum Gasteiger partial charge on any atom is -0.341 e. The average Bonchev–Trinajstić information content (AvgIpc) is 2.93. The Morgan fingerprint density at radius 2 is 2.41 bits per heavy atom. The molecule has 92 valence electrons. The molecule has 0 aliphatic heterocycles. The van der Waals surface area contributed by atoms with E-state index < -0.39 is 0 Å². The number of nitrogens with one attached hydrogen (secondary N) is 1. The first-order valence-electron chi connectivity index (χ1n) is 5.75. The second-order valence-corrected chi connectivity index (χ2v) is 5.61. The van der Waals surface area contributed by atoms with Crippen LogP contribution in [0, 0.1) is 0 Å². The molecular weight excluding hydrogens is 254 g/mol. The number of aromatic nitrogens is 2. The van der Waals surface area contributed by atoms with Crippen molar-refractivity contribution in [3.63, 3.8) is 0 Å². The molecule has 0 aliphatic carbocycles. The molecule has 1 atom stereocenters. The highest BCUT2D eigenvalue weighted by Gasteiger charge is 2.11. The van der Waals surface area contributed by atoms with Gasteiger partial charge in [0.05, 0.1) is 22.3 Å². The summed E-state index contributed by atoms with van der Waals surface area (Å²) in [6.07, 6.45) is 5.07. The molecule has 2 rings (SSSR count). The van der Waals surface area contributed by atoms with E-state index in [4.69, 9.17) is 17.3 Å². The molecule has 2 heterocycles. The zero-order chi connectivity index (χ0) is 12.3. The van der Waals surface area contributed by atoms with Crippen molar-refractivity contribution in [3.8, 4) is 11.3 Å². The van der Waals surface area contributed by atoms with Gasteiger partial charge in [0.2, 0.25) is 0 Å². The van der Waals surface area contributed by atoms with Gasteiger partial charge >= 0.3 is 0 Å². The first kappa shape index (κ1) is 12.6. The van der Waals surface area contributed by atoms with Crippen LogP contribution in [0.25, 0.3) is 11.3 Å². The number of rotatable bonds is 5. The number of imidazole rings is 1. The van der Waals surface area contributed by atoms with Gasteiger partial charge < -0.3 is 10.7 Å². The topological polar surface area (TPSA) is 54.7 Å². The zero-order valence-corrected chi connectivity index (χ0v) is 11.3. The smallest absolute Gasteiger partial charge is 0.123 e. The first-order valence-corrected chi connectivity index (χ1v) is 7.01. The molecule has 0 bridgehead atoms.